The second kappa shape index (κ2) is 7.14. The topological polar surface area (TPSA) is 46.3 Å². The number of aromatic nitrogens is 1. The summed E-state index contributed by atoms with van der Waals surface area (Å²) in [5.74, 6) is -0.493. The van der Waals surface area contributed by atoms with Gasteiger partial charge in [0.25, 0.3) is 5.91 Å². The first-order chi connectivity index (χ1) is 14.2. The average Bonchev–Trinajstić information content (AvgIpc) is 3.37. The Morgan fingerprint density at radius 2 is 1.79 bits per heavy atom. The highest BCUT2D eigenvalue weighted by molar-refractivity contribution is 7.22. The van der Waals surface area contributed by atoms with E-state index in [-0.39, 0.29) is 17.2 Å². The zero-order chi connectivity index (χ0) is 19.8. The number of furan rings is 1. The number of rotatable bonds is 4. The summed E-state index contributed by atoms with van der Waals surface area (Å²) in [6.07, 6.45) is 0. The Balaban J connectivity index is 1.60. The first-order valence-corrected chi connectivity index (χ1v) is 9.90. The Labute approximate surface area is 169 Å². The van der Waals surface area contributed by atoms with Crippen LogP contribution in [0, 0.1) is 5.82 Å². The van der Waals surface area contributed by atoms with E-state index in [4.69, 9.17) is 4.42 Å². The highest BCUT2D eigenvalue weighted by Crippen LogP contribution is 2.32. The van der Waals surface area contributed by atoms with E-state index < -0.39 is 5.82 Å². The van der Waals surface area contributed by atoms with Crippen LogP contribution in [-0.2, 0) is 6.54 Å². The summed E-state index contributed by atoms with van der Waals surface area (Å²) in [4.78, 5) is 19.3. The van der Waals surface area contributed by atoms with Crippen LogP contribution in [0.25, 0.3) is 21.2 Å². The van der Waals surface area contributed by atoms with Crippen LogP contribution in [0.2, 0.25) is 0 Å². The Morgan fingerprint density at radius 1 is 1.00 bits per heavy atom. The summed E-state index contributed by atoms with van der Waals surface area (Å²) >= 11 is 1.28. The van der Waals surface area contributed by atoms with Gasteiger partial charge in [-0.1, -0.05) is 65.9 Å². The summed E-state index contributed by atoms with van der Waals surface area (Å²) in [5, 5.41) is 1.28. The fraction of sp³-hybridized carbons (Fsp3) is 0.0435. The van der Waals surface area contributed by atoms with Gasteiger partial charge in [0.1, 0.15) is 16.9 Å². The van der Waals surface area contributed by atoms with Crippen LogP contribution in [0.3, 0.4) is 0 Å². The van der Waals surface area contributed by atoms with E-state index in [1.54, 1.807) is 18.2 Å². The zero-order valence-electron chi connectivity index (χ0n) is 15.2. The van der Waals surface area contributed by atoms with Crippen molar-refractivity contribution in [3.63, 3.8) is 0 Å². The molecule has 0 saturated heterocycles. The number of fused-ring (bicyclic) bond motifs is 2. The van der Waals surface area contributed by atoms with Gasteiger partial charge in [0.05, 0.1) is 11.2 Å². The van der Waals surface area contributed by atoms with Gasteiger partial charge in [0.2, 0.25) is 0 Å². The van der Waals surface area contributed by atoms with Crippen molar-refractivity contribution >= 4 is 43.6 Å². The van der Waals surface area contributed by atoms with Crippen LogP contribution in [-0.4, -0.2) is 10.9 Å². The van der Waals surface area contributed by atoms with E-state index in [0.717, 1.165) is 10.9 Å². The van der Waals surface area contributed by atoms with Crippen molar-refractivity contribution in [3.05, 3.63) is 96.0 Å². The van der Waals surface area contributed by atoms with E-state index in [1.807, 2.05) is 54.6 Å². The van der Waals surface area contributed by atoms with Gasteiger partial charge in [0, 0.05) is 5.39 Å². The van der Waals surface area contributed by atoms with Gasteiger partial charge in [0.15, 0.2) is 10.9 Å². The monoisotopic (exact) mass is 402 g/mol. The van der Waals surface area contributed by atoms with Crippen molar-refractivity contribution in [2.45, 2.75) is 6.54 Å². The molecule has 4 nitrogen and oxygen atoms in total. The molecule has 142 valence electrons. The van der Waals surface area contributed by atoms with Gasteiger partial charge in [-0.05, 0) is 29.8 Å². The molecule has 0 aliphatic rings. The number of nitrogens with zero attached hydrogens (tertiary/aromatic N) is 2. The van der Waals surface area contributed by atoms with E-state index in [1.165, 1.54) is 22.3 Å². The quantitative estimate of drug-likeness (QED) is 0.369. The molecule has 3 aromatic carbocycles. The van der Waals surface area contributed by atoms with Crippen molar-refractivity contribution < 1.29 is 13.6 Å². The highest BCUT2D eigenvalue weighted by atomic mass is 32.1. The van der Waals surface area contributed by atoms with E-state index >= 15 is 0 Å². The predicted molar refractivity (Wildman–Crippen MR) is 113 cm³/mol. The fourth-order valence-electron chi connectivity index (χ4n) is 3.23. The Morgan fingerprint density at radius 3 is 2.59 bits per heavy atom. The number of halogens is 1. The van der Waals surface area contributed by atoms with Crippen LogP contribution in [0.1, 0.15) is 16.1 Å². The molecular formula is C23H15FN2O2S. The second-order valence-corrected chi connectivity index (χ2v) is 7.62. The molecule has 0 radical (unpaired) electrons. The summed E-state index contributed by atoms with van der Waals surface area (Å²) in [6, 6.07) is 23.6. The number of thiazole rings is 1. The maximum absolute atomic E-state index is 14.2. The molecule has 0 fully saturated rings. The number of anilines is 1. The molecule has 0 aliphatic heterocycles. The van der Waals surface area contributed by atoms with Crippen molar-refractivity contribution in [3.8, 4) is 0 Å². The minimum Gasteiger partial charge on any atom is -0.451 e. The summed E-state index contributed by atoms with van der Waals surface area (Å²) in [6.45, 7) is 0.304. The minimum atomic E-state index is -0.402. The first-order valence-electron chi connectivity index (χ1n) is 9.08. The van der Waals surface area contributed by atoms with Crippen molar-refractivity contribution in [2.24, 2.45) is 0 Å². The van der Waals surface area contributed by atoms with Crippen LogP contribution in [0.4, 0.5) is 9.52 Å². The number of hydrogen-bond donors (Lipinski definition) is 0. The average molecular weight is 402 g/mol. The molecule has 5 aromatic rings. The van der Waals surface area contributed by atoms with Gasteiger partial charge in [-0.2, -0.15) is 0 Å². The number of benzene rings is 3. The lowest BCUT2D eigenvalue weighted by molar-refractivity contribution is 0.0960. The number of carbonyl (C=O) groups is 1. The van der Waals surface area contributed by atoms with Crippen molar-refractivity contribution in [1.29, 1.82) is 0 Å². The Hall–Kier alpha value is -3.51. The minimum absolute atomic E-state index is 0.224. The molecule has 0 unspecified atom stereocenters. The zero-order valence-corrected chi connectivity index (χ0v) is 16.0. The molecule has 0 aliphatic carbocycles. The Bertz CT molecular complexity index is 1290. The molecule has 6 heteroatoms. The molecule has 0 bridgehead atoms. The van der Waals surface area contributed by atoms with Gasteiger partial charge in [-0.15, -0.1) is 0 Å². The summed E-state index contributed by atoms with van der Waals surface area (Å²) < 4.78 is 20.6. The maximum atomic E-state index is 14.2. The van der Waals surface area contributed by atoms with Crippen LogP contribution >= 0.6 is 11.3 Å². The Kier molecular flexibility index (Phi) is 4.33. The molecular weight excluding hydrogens is 387 g/mol. The molecule has 2 aromatic heterocycles. The molecule has 29 heavy (non-hydrogen) atoms. The third-order valence-electron chi connectivity index (χ3n) is 4.65. The molecule has 0 N–H and O–H groups in total. The van der Waals surface area contributed by atoms with E-state index in [2.05, 4.69) is 4.98 Å². The van der Waals surface area contributed by atoms with Crippen LogP contribution in [0.5, 0.6) is 0 Å². The van der Waals surface area contributed by atoms with Crippen LogP contribution < -0.4 is 4.90 Å². The molecule has 1 amide bonds. The third-order valence-corrected chi connectivity index (χ3v) is 5.70. The first kappa shape index (κ1) is 17.6. The number of para-hydroxylation sites is 2. The largest absolute Gasteiger partial charge is 0.451 e. The number of carbonyl (C=O) groups excluding carboxylic acids is 1. The van der Waals surface area contributed by atoms with Gasteiger partial charge >= 0.3 is 0 Å². The third kappa shape index (κ3) is 3.28. The van der Waals surface area contributed by atoms with E-state index in [9.17, 15) is 9.18 Å². The lowest BCUT2D eigenvalue weighted by Crippen LogP contribution is -2.30. The van der Waals surface area contributed by atoms with Gasteiger partial charge in [-0.3, -0.25) is 9.69 Å². The molecule has 0 spiro atoms. The van der Waals surface area contributed by atoms with Gasteiger partial charge in [-0.25, -0.2) is 9.37 Å². The standard InChI is InChI=1S/C23H15FN2O2S/c24-17-10-6-12-20-21(17)25-23(29-20)26(14-15-7-2-1-3-8-15)22(27)19-13-16-9-4-5-11-18(16)28-19/h1-13H,14H2. The number of amides is 1. The SMILES string of the molecule is O=C(c1cc2ccccc2o1)N(Cc1ccccc1)c1nc2c(F)cccc2s1. The molecule has 2 heterocycles. The molecule has 0 atom stereocenters. The number of hydrogen-bond acceptors (Lipinski definition) is 4. The maximum Gasteiger partial charge on any atom is 0.296 e. The van der Waals surface area contributed by atoms with Gasteiger partial charge < -0.3 is 4.42 Å². The van der Waals surface area contributed by atoms with E-state index in [0.29, 0.717) is 22.0 Å². The lowest BCUT2D eigenvalue weighted by Gasteiger charge is -2.18. The molecule has 0 saturated carbocycles. The van der Waals surface area contributed by atoms with Crippen molar-refractivity contribution in [2.75, 3.05) is 4.90 Å². The summed E-state index contributed by atoms with van der Waals surface area (Å²) in [5.41, 5.74) is 1.85. The predicted octanol–water partition coefficient (Wildman–Crippen LogP) is 6.03. The fourth-order valence-corrected chi connectivity index (χ4v) is 4.21. The second-order valence-electron chi connectivity index (χ2n) is 6.61. The van der Waals surface area contributed by atoms with Crippen molar-refractivity contribution in [1.82, 2.24) is 4.98 Å². The lowest BCUT2D eigenvalue weighted by atomic mass is 10.2. The molecule has 5 rings (SSSR count). The normalized spacial score (nSPS) is 11.2. The summed E-state index contributed by atoms with van der Waals surface area (Å²) in [7, 11) is 0. The van der Waals surface area contributed by atoms with Crippen LogP contribution in [0.15, 0.2) is 83.3 Å². The highest BCUT2D eigenvalue weighted by Gasteiger charge is 2.25. The smallest absolute Gasteiger partial charge is 0.296 e.